The number of aryl methyl sites for hydroxylation is 1. The maximum Gasteiger partial charge on any atom is 0.305 e. The fourth-order valence-corrected chi connectivity index (χ4v) is 3.20. The van der Waals surface area contributed by atoms with E-state index < -0.39 is 0 Å². The fourth-order valence-electron chi connectivity index (χ4n) is 3.20. The quantitative estimate of drug-likeness (QED) is 0.663. The third-order valence-corrected chi connectivity index (χ3v) is 4.60. The Balaban J connectivity index is 2.11. The minimum atomic E-state index is -0.201. The number of rotatable bonds is 4. The fraction of sp³-hybridized carbons (Fsp3) is 0.381. The van der Waals surface area contributed by atoms with E-state index in [-0.39, 0.29) is 11.4 Å². The number of methoxy groups -OCH3 is 1. The molecular weight excluding hydrogens is 326 g/mol. The molecule has 0 N–H and O–H groups in total. The minimum absolute atomic E-state index is 0.0211. The van der Waals surface area contributed by atoms with Crippen molar-refractivity contribution < 1.29 is 9.53 Å². The normalized spacial score (nSPS) is 11.7. The highest BCUT2D eigenvalue weighted by atomic mass is 16.5. The molecule has 3 aromatic rings. The number of aromatic nitrogens is 3. The Kier molecular flexibility index (Phi) is 4.81. The van der Waals surface area contributed by atoms with Crippen molar-refractivity contribution >= 4 is 17.0 Å². The van der Waals surface area contributed by atoms with Gasteiger partial charge in [0.05, 0.1) is 12.8 Å². The van der Waals surface area contributed by atoms with Crippen LogP contribution in [0.3, 0.4) is 0 Å². The second kappa shape index (κ2) is 6.90. The van der Waals surface area contributed by atoms with Crippen LogP contribution in [0.5, 0.6) is 0 Å². The third kappa shape index (κ3) is 3.62. The molecule has 3 rings (SSSR count). The Morgan fingerprint density at radius 3 is 2.27 bits per heavy atom. The Hall–Kier alpha value is -2.69. The van der Waals surface area contributed by atoms with Crippen LogP contribution < -0.4 is 0 Å². The van der Waals surface area contributed by atoms with Gasteiger partial charge in [0, 0.05) is 6.42 Å². The van der Waals surface area contributed by atoms with E-state index in [2.05, 4.69) is 50.0 Å². The summed E-state index contributed by atoms with van der Waals surface area (Å²) < 4.78 is 4.78. The van der Waals surface area contributed by atoms with Gasteiger partial charge in [0.15, 0.2) is 0 Å². The van der Waals surface area contributed by atoms with E-state index in [1.807, 2.05) is 24.3 Å². The highest BCUT2D eigenvalue weighted by Gasteiger charge is 2.21. The molecule has 136 valence electrons. The van der Waals surface area contributed by atoms with Gasteiger partial charge in [-0.3, -0.25) is 4.79 Å². The van der Waals surface area contributed by atoms with Gasteiger partial charge in [-0.1, -0.05) is 39.0 Å². The van der Waals surface area contributed by atoms with Gasteiger partial charge in [-0.15, -0.1) is 10.2 Å². The zero-order valence-corrected chi connectivity index (χ0v) is 16.0. The Morgan fingerprint density at radius 1 is 1.12 bits per heavy atom. The SMILES string of the molecule is COC(=O)CCc1cc(-n2nc3ccccc3n2)c(C)c(C(C)(C)C)c1. The molecule has 0 aliphatic rings. The molecule has 0 bridgehead atoms. The first-order valence-electron chi connectivity index (χ1n) is 8.83. The highest BCUT2D eigenvalue weighted by molar-refractivity contribution is 5.73. The molecule has 0 radical (unpaired) electrons. The van der Waals surface area contributed by atoms with Crippen molar-refractivity contribution in [3.05, 3.63) is 53.1 Å². The highest BCUT2D eigenvalue weighted by Crippen LogP contribution is 2.31. The summed E-state index contributed by atoms with van der Waals surface area (Å²) in [6.45, 7) is 8.68. The molecule has 0 saturated carbocycles. The first-order valence-corrected chi connectivity index (χ1v) is 8.83. The van der Waals surface area contributed by atoms with Crippen LogP contribution in [0.15, 0.2) is 36.4 Å². The standard InChI is InChI=1S/C21H25N3O2/c1-14-16(21(2,3)4)12-15(10-11-20(25)26-5)13-19(14)24-22-17-8-6-7-9-18(17)23-24/h6-9,12-13H,10-11H2,1-5H3. The summed E-state index contributed by atoms with van der Waals surface area (Å²) in [5.41, 5.74) is 6.13. The van der Waals surface area contributed by atoms with Gasteiger partial charge in [0.2, 0.25) is 0 Å². The van der Waals surface area contributed by atoms with Crippen molar-refractivity contribution in [2.24, 2.45) is 0 Å². The predicted octanol–water partition coefficient (Wildman–Crippen LogP) is 4.13. The van der Waals surface area contributed by atoms with Gasteiger partial charge in [-0.25, -0.2) is 0 Å². The molecule has 0 unspecified atom stereocenters. The molecule has 26 heavy (non-hydrogen) atoms. The van der Waals surface area contributed by atoms with Crippen molar-refractivity contribution in [2.75, 3.05) is 7.11 Å². The van der Waals surface area contributed by atoms with E-state index in [1.165, 1.54) is 12.7 Å². The molecule has 0 amide bonds. The average Bonchev–Trinajstić information content (AvgIpc) is 3.03. The second-order valence-electron chi connectivity index (χ2n) is 7.59. The van der Waals surface area contributed by atoms with E-state index in [9.17, 15) is 4.79 Å². The minimum Gasteiger partial charge on any atom is -0.469 e. The molecule has 0 aliphatic carbocycles. The van der Waals surface area contributed by atoms with E-state index in [4.69, 9.17) is 4.74 Å². The lowest BCUT2D eigenvalue weighted by Gasteiger charge is -2.24. The molecule has 1 aromatic heterocycles. The summed E-state index contributed by atoms with van der Waals surface area (Å²) in [6, 6.07) is 12.1. The topological polar surface area (TPSA) is 57.0 Å². The molecule has 1 heterocycles. The van der Waals surface area contributed by atoms with Crippen LogP contribution in [0.25, 0.3) is 16.7 Å². The van der Waals surface area contributed by atoms with E-state index in [0.29, 0.717) is 12.8 Å². The van der Waals surface area contributed by atoms with Crippen LogP contribution in [0, 0.1) is 6.92 Å². The van der Waals surface area contributed by atoms with Crippen LogP contribution >= 0.6 is 0 Å². The number of carbonyl (C=O) groups excluding carboxylic acids is 1. The van der Waals surface area contributed by atoms with E-state index >= 15 is 0 Å². The maximum atomic E-state index is 11.6. The zero-order chi connectivity index (χ0) is 18.9. The second-order valence-corrected chi connectivity index (χ2v) is 7.59. The van der Waals surface area contributed by atoms with Crippen LogP contribution in [0.1, 0.15) is 43.9 Å². The van der Waals surface area contributed by atoms with Gasteiger partial charge in [0.25, 0.3) is 0 Å². The maximum absolute atomic E-state index is 11.6. The number of fused-ring (bicyclic) bond motifs is 1. The van der Waals surface area contributed by atoms with Crippen molar-refractivity contribution in [1.82, 2.24) is 15.0 Å². The smallest absolute Gasteiger partial charge is 0.305 e. The number of carbonyl (C=O) groups is 1. The number of benzene rings is 2. The Labute approximate surface area is 154 Å². The number of hydrogen-bond acceptors (Lipinski definition) is 4. The first kappa shape index (κ1) is 18.1. The Morgan fingerprint density at radius 2 is 1.73 bits per heavy atom. The van der Waals surface area contributed by atoms with Crippen molar-refractivity contribution in [1.29, 1.82) is 0 Å². The van der Waals surface area contributed by atoms with Gasteiger partial charge in [0.1, 0.15) is 11.0 Å². The zero-order valence-electron chi connectivity index (χ0n) is 16.0. The molecule has 0 spiro atoms. The summed E-state index contributed by atoms with van der Waals surface area (Å²) in [4.78, 5) is 13.3. The lowest BCUT2D eigenvalue weighted by Crippen LogP contribution is -2.16. The summed E-state index contributed by atoms with van der Waals surface area (Å²) in [6.07, 6.45) is 0.987. The molecule has 0 atom stereocenters. The van der Waals surface area contributed by atoms with Crippen molar-refractivity contribution in [3.63, 3.8) is 0 Å². The van der Waals surface area contributed by atoms with E-state index in [1.54, 1.807) is 4.80 Å². The summed E-state index contributed by atoms with van der Waals surface area (Å²) in [5, 5.41) is 9.27. The molecular formula is C21H25N3O2. The number of esters is 1. The summed E-state index contributed by atoms with van der Waals surface area (Å²) >= 11 is 0. The number of ether oxygens (including phenoxy) is 1. The van der Waals surface area contributed by atoms with Gasteiger partial charge in [-0.2, -0.15) is 4.80 Å². The summed E-state index contributed by atoms with van der Waals surface area (Å²) in [7, 11) is 1.42. The number of nitrogens with zero attached hydrogens (tertiary/aromatic N) is 3. The van der Waals surface area contributed by atoms with Crippen molar-refractivity contribution in [3.8, 4) is 5.69 Å². The van der Waals surface area contributed by atoms with Crippen LogP contribution in [-0.2, 0) is 21.4 Å². The molecule has 0 aliphatic heterocycles. The molecule has 5 nitrogen and oxygen atoms in total. The van der Waals surface area contributed by atoms with Gasteiger partial charge in [-0.05, 0) is 53.6 Å². The lowest BCUT2D eigenvalue weighted by atomic mass is 9.82. The van der Waals surface area contributed by atoms with Crippen LogP contribution in [0.2, 0.25) is 0 Å². The predicted molar refractivity (Wildman–Crippen MR) is 103 cm³/mol. The van der Waals surface area contributed by atoms with Gasteiger partial charge >= 0.3 is 5.97 Å². The summed E-state index contributed by atoms with van der Waals surface area (Å²) in [5.74, 6) is -0.201. The van der Waals surface area contributed by atoms with E-state index in [0.717, 1.165) is 27.8 Å². The van der Waals surface area contributed by atoms with Crippen molar-refractivity contribution in [2.45, 2.75) is 46.0 Å². The largest absolute Gasteiger partial charge is 0.469 e. The monoisotopic (exact) mass is 351 g/mol. The molecule has 0 fully saturated rings. The average molecular weight is 351 g/mol. The Bertz CT molecular complexity index is 919. The molecule has 5 heteroatoms. The number of hydrogen-bond donors (Lipinski definition) is 0. The molecule has 0 saturated heterocycles. The first-order chi connectivity index (χ1) is 12.3. The lowest BCUT2D eigenvalue weighted by molar-refractivity contribution is -0.140. The molecule has 2 aromatic carbocycles. The van der Waals surface area contributed by atoms with Crippen LogP contribution in [-0.4, -0.2) is 28.1 Å². The third-order valence-electron chi connectivity index (χ3n) is 4.60. The van der Waals surface area contributed by atoms with Gasteiger partial charge < -0.3 is 4.74 Å². The van der Waals surface area contributed by atoms with Crippen LogP contribution in [0.4, 0.5) is 0 Å².